The summed E-state index contributed by atoms with van der Waals surface area (Å²) in [6.07, 6.45) is 2.02. The number of carbonyl (C=O) groups is 2. The smallest absolute Gasteiger partial charge is 0.264 e. The highest BCUT2D eigenvalue weighted by Crippen LogP contribution is 2.25. The van der Waals surface area contributed by atoms with Gasteiger partial charge in [0.2, 0.25) is 11.8 Å². The molecule has 0 radical (unpaired) electrons. The minimum atomic E-state index is -4.11. The molecule has 0 aromatic heterocycles. The fraction of sp³-hybridized carbons (Fsp3) is 0.333. The van der Waals surface area contributed by atoms with Crippen molar-refractivity contribution in [1.82, 2.24) is 10.2 Å². The maximum atomic E-state index is 13.9. The van der Waals surface area contributed by atoms with Crippen LogP contribution in [-0.2, 0) is 26.2 Å². The molecule has 0 fully saturated rings. The van der Waals surface area contributed by atoms with Crippen LogP contribution in [0, 0.1) is 12.7 Å². The molecular weight excluding hydrogens is 517 g/mol. The van der Waals surface area contributed by atoms with Gasteiger partial charge < -0.3 is 10.2 Å². The first-order chi connectivity index (χ1) is 18.7. The molecule has 39 heavy (non-hydrogen) atoms. The minimum absolute atomic E-state index is 0.0198. The molecule has 3 rings (SSSR count). The number of anilines is 1. The molecular formula is C30H36FN3O4S. The average molecular weight is 554 g/mol. The molecule has 3 aromatic rings. The fourth-order valence-electron chi connectivity index (χ4n) is 4.17. The summed E-state index contributed by atoms with van der Waals surface area (Å²) < 4.78 is 42.2. The van der Waals surface area contributed by atoms with Crippen LogP contribution in [0.25, 0.3) is 0 Å². The predicted molar refractivity (Wildman–Crippen MR) is 151 cm³/mol. The van der Waals surface area contributed by atoms with Crippen LogP contribution in [0.5, 0.6) is 0 Å². The van der Waals surface area contributed by atoms with Gasteiger partial charge in [0.1, 0.15) is 18.4 Å². The Morgan fingerprint density at radius 1 is 0.923 bits per heavy atom. The van der Waals surface area contributed by atoms with E-state index in [0.29, 0.717) is 24.2 Å². The van der Waals surface area contributed by atoms with Gasteiger partial charge in [0, 0.05) is 13.1 Å². The number of aryl methyl sites for hydroxylation is 1. The van der Waals surface area contributed by atoms with E-state index in [9.17, 15) is 22.4 Å². The number of carbonyl (C=O) groups excluding carboxylic acids is 2. The monoisotopic (exact) mass is 553 g/mol. The van der Waals surface area contributed by atoms with Gasteiger partial charge in [-0.15, -0.1) is 0 Å². The number of hydrogen-bond acceptors (Lipinski definition) is 4. The van der Waals surface area contributed by atoms with Crippen molar-refractivity contribution in [3.8, 4) is 0 Å². The minimum Gasteiger partial charge on any atom is -0.354 e. The van der Waals surface area contributed by atoms with Crippen LogP contribution in [0.4, 0.5) is 10.1 Å². The van der Waals surface area contributed by atoms with Gasteiger partial charge in [0.15, 0.2) is 0 Å². The lowest BCUT2D eigenvalue weighted by atomic mass is 10.1. The van der Waals surface area contributed by atoms with E-state index in [0.717, 1.165) is 22.7 Å². The van der Waals surface area contributed by atoms with E-state index in [2.05, 4.69) is 5.32 Å². The summed E-state index contributed by atoms with van der Waals surface area (Å²) in [5.74, 6) is -1.27. The molecule has 208 valence electrons. The van der Waals surface area contributed by atoms with E-state index in [1.54, 1.807) is 61.5 Å². The lowest BCUT2D eigenvalue weighted by Gasteiger charge is -2.33. The van der Waals surface area contributed by atoms with Crippen molar-refractivity contribution in [2.24, 2.45) is 0 Å². The Labute approximate surface area is 230 Å². The largest absolute Gasteiger partial charge is 0.354 e. The average Bonchev–Trinajstić information content (AvgIpc) is 2.93. The molecule has 0 aliphatic rings. The second kappa shape index (κ2) is 13.9. The Morgan fingerprint density at radius 3 is 2.15 bits per heavy atom. The van der Waals surface area contributed by atoms with Gasteiger partial charge in [-0.05, 0) is 61.7 Å². The van der Waals surface area contributed by atoms with Crippen LogP contribution in [-0.4, -0.2) is 44.3 Å². The van der Waals surface area contributed by atoms with Gasteiger partial charge in [-0.3, -0.25) is 13.9 Å². The highest BCUT2D eigenvalue weighted by atomic mass is 32.2. The van der Waals surface area contributed by atoms with Gasteiger partial charge in [-0.2, -0.15) is 0 Å². The highest BCUT2D eigenvalue weighted by Gasteiger charge is 2.33. The van der Waals surface area contributed by atoms with Gasteiger partial charge in [-0.25, -0.2) is 12.8 Å². The maximum absolute atomic E-state index is 13.9. The van der Waals surface area contributed by atoms with E-state index < -0.39 is 34.3 Å². The zero-order valence-corrected chi connectivity index (χ0v) is 23.5. The van der Waals surface area contributed by atoms with Crippen LogP contribution in [0.1, 0.15) is 44.2 Å². The van der Waals surface area contributed by atoms with Crippen LogP contribution in [0.15, 0.2) is 83.8 Å². The Balaban J connectivity index is 2.01. The first-order valence-corrected chi connectivity index (χ1v) is 14.6. The lowest BCUT2D eigenvalue weighted by Crippen LogP contribution is -2.52. The third kappa shape index (κ3) is 7.89. The molecule has 1 N–H and O–H groups in total. The van der Waals surface area contributed by atoms with E-state index in [1.807, 2.05) is 13.8 Å². The van der Waals surface area contributed by atoms with E-state index in [-0.39, 0.29) is 17.3 Å². The van der Waals surface area contributed by atoms with Crippen molar-refractivity contribution in [3.05, 3.63) is 95.8 Å². The van der Waals surface area contributed by atoms with Gasteiger partial charge in [0.25, 0.3) is 10.0 Å². The summed E-state index contributed by atoms with van der Waals surface area (Å²) >= 11 is 0. The van der Waals surface area contributed by atoms with Crippen molar-refractivity contribution >= 4 is 27.5 Å². The lowest BCUT2D eigenvalue weighted by molar-refractivity contribution is -0.140. The molecule has 0 saturated carbocycles. The molecule has 0 aliphatic carbocycles. The molecule has 9 heteroatoms. The highest BCUT2D eigenvalue weighted by molar-refractivity contribution is 7.92. The summed E-state index contributed by atoms with van der Waals surface area (Å²) in [4.78, 5) is 28.5. The summed E-state index contributed by atoms with van der Waals surface area (Å²) in [5, 5.41) is 2.89. The Bertz CT molecular complexity index is 1330. The molecule has 1 atom stereocenters. The number of amides is 2. The Kier molecular flexibility index (Phi) is 10.6. The topological polar surface area (TPSA) is 86.8 Å². The molecule has 3 aromatic carbocycles. The predicted octanol–water partition coefficient (Wildman–Crippen LogP) is 5.05. The van der Waals surface area contributed by atoms with Crippen LogP contribution >= 0.6 is 0 Å². The fourth-order valence-corrected chi connectivity index (χ4v) is 5.61. The van der Waals surface area contributed by atoms with Crippen molar-refractivity contribution < 1.29 is 22.4 Å². The SMILES string of the molecule is CCCCNC(=O)C(CC)N(Cc1ccc(F)cc1)C(=O)CN(c1ccc(C)cc1)S(=O)(=O)c1ccccc1. The molecule has 0 saturated heterocycles. The molecule has 0 heterocycles. The summed E-state index contributed by atoms with van der Waals surface area (Å²) in [6, 6.07) is 19.6. The normalized spacial score (nSPS) is 12.0. The van der Waals surface area contributed by atoms with Crippen LogP contribution in [0.2, 0.25) is 0 Å². The van der Waals surface area contributed by atoms with Crippen molar-refractivity contribution in [2.75, 3.05) is 17.4 Å². The third-order valence-corrected chi connectivity index (χ3v) is 8.20. The van der Waals surface area contributed by atoms with E-state index in [1.165, 1.54) is 29.2 Å². The number of benzene rings is 3. The Hall–Kier alpha value is -3.72. The molecule has 0 aliphatic heterocycles. The number of halogens is 1. The number of hydrogen-bond donors (Lipinski definition) is 1. The standard InChI is InChI=1S/C30H36FN3O4S/c1-4-6-20-32-30(36)28(5-2)33(21-24-14-16-25(31)17-15-24)29(35)22-34(26-18-12-23(3)13-19-26)39(37,38)27-10-8-7-9-11-27/h7-19,28H,4-6,20-22H2,1-3H3,(H,32,36). The molecule has 1 unspecified atom stereocenters. The van der Waals surface area contributed by atoms with E-state index >= 15 is 0 Å². The second-order valence-corrected chi connectivity index (χ2v) is 11.2. The van der Waals surface area contributed by atoms with E-state index in [4.69, 9.17) is 0 Å². The van der Waals surface area contributed by atoms with Crippen LogP contribution < -0.4 is 9.62 Å². The Morgan fingerprint density at radius 2 is 1.56 bits per heavy atom. The third-order valence-electron chi connectivity index (χ3n) is 6.41. The number of nitrogens with zero attached hydrogens (tertiary/aromatic N) is 2. The van der Waals surface area contributed by atoms with Crippen molar-refractivity contribution in [2.45, 2.75) is 57.5 Å². The zero-order chi connectivity index (χ0) is 28.4. The molecule has 0 spiro atoms. The van der Waals surface area contributed by atoms with Crippen molar-refractivity contribution in [1.29, 1.82) is 0 Å². The van der Waals surface area contributed by atoms with Gasteiger partial charge >= 0.3 is 0 Å². The first-order valence-electron chi connectivity index (χ1n) is 13.1. The maximum Gasteiger partial charge on any atom is 0.264 e. The van der Waals surface area contributed by atoms with Gasteiger partial charge in [-0.1, -0.05) is 68.3 Å². The number of unbranched alkanes of at least 4 members (excludes halogenated alkanes) is 1. The molecule has 0 bridgehead atoms. The number of rotatable bonds is 13. The second-order valence-electron chi connectivity index (χ2n) is 9.38. The molecule has 2 amide bonds. The summed E-state index contributed by atoms with van der Waals surface area (Å²) in [6.45, 7) is 5.68. The quantitative estimate of drug-likeness (QED) is 0.300. The zero-order valence-electron chi connectivity index (χ0n) is 22.6. The van der Waals surface area contributed by atoms with Crippen LogP contribution in [0.3, 0.4) is 0 Å². The summed E-state index contributed by atoms with van der Waals surface area (Å²) in [5.41, 5.74) is 1.90. The summed E-state index contributed by atoms with van der Waals surface area (Å²) in [7, 11) is -4.11. The van der Waals surface area contributed by atoms with Crippen molar-refractivity contribution in [3.63, 3.8) is 0 Å². The first kappa shape index (κ1) is 29.8. The number of sulfonamides is 1. The molecule has 7 nitrogen and oxygen atoms in total. The number of nitrogens with one attached hydrogen (secondary N) is 1. The van der Waals surface area contributed by atoms with Gasteiger partial charge in [0.05, 0.1) is 10.6 Å².